The summed E-state index contributed by atoms with van der Waals surface area (Å²) in [6, 6.07) is 11.7. The Labute approximate surface area is 361 Å². The van der Waals surface area contributed by atoms with Gasteiger partial charge >= 0.3 is 6.18 Å². The fourth-order valence-electron chi connectivity index (χ4n) is 5.57. The molecule has 0 bridgehead atoms. The lowest BCUT2D eigenvalue weighted by atomic mass is 10.1. The number of nitrogens with zero attached hydrogens (tertiary/aromatic N) is 8. The van der Waals surface area contributed by atoms with Crippen molar-refractivity contribution < 1.29 is 51.1 Å². The minimum Gasteiger partial charge on any atom is -0.490 e. The van der Waals surface area contributed by atoms with Crippen molar-refractivity contribution in [1.29, 1.82) is 0 Å². The van der Waals surface area contributed by atoms with Crippen LogP contribution >= 0.6 is 0 Å². The Morgan fingerprint density at radius 1 is 0.794 bits per heavy atom. The van der Waals surface area contributed by atoms with Crippen molar-refractivity contribution in [3.05, 3.63) is 112 Å². The van der Waals surface area contributed by atoms with Gasteiger partial charge in [-0.2, -0.15) is 13.2 Å². The molecular weight excluding hydrogens is 830 g/mol. The standard InChI is InChI=1S/C42H49F3N10O8/c1-30-3-4-32(40(56)51-35-23-34(42(43,44)45)24-36(25-35)55-28-31(2)49-29-55)22-39(30)53-41-48-6-5-38(52-41)33-21-37(27-47-26-33)63-20-19-62-18-17-61-16-15-60-14-13-59-12-11-58-10-9-57-8-7-50-54-46/h3-6,21-29H,7-20H2,1-2H3,(H,51,56)(H,48,52,53). The Bertz CT molecular complexity index is 2240. The Morgan fingerprint density at radius 3 is 2.06 bits per heavy atom. The van der Waals surface area contributed by atoms with Crippen molar-refractivity contribution in [3.63, 3.8) is 0 Å². The fourth-order valence-corrected chi connectivity index (χ4v) is 5.57. The minimum absolute atomic E-state index is 0.0301. The third-order valence-electron chi connectivity index (χ3n) is 8.68. The predicted octanol–water partition coefficient (Wildman–Crippen LogP) is 7.14. The van der Waals surface area contributed by atoms with Crippen LogP contribution in [0.25, 0.3) is 27.4 Å². The van der Waals surface area contributed by atoms with Gasteiger partial charge in [0.15, 0.2) is 0 Å². The van der Waals surface area contributed by atoms with Crippen molar-refractivity contribution in [3.8, 4) is 22.7 Å². The number of hydrogen-bond donors (Lipinski definition) is 2. The third kappa shape index (κ3) is 16.9. The van der Waals surface area contributed by atoms with E-state index in [0.717, 1.165) is 17.7 Å². The molecule has 0 unspecified atom stereocenters. The van der Waals surface area contributed by atoms with Crippen molar-refractivity contribution >= 4 is 23.2 Å². The highest BCUT2D eigenvalue weighted by atomic mass is 19.4. The first-order chi connectivity index (χ1) is 30.6. The van der Waals surface area contributed by atoms with Gasteiger partial charge in [-0.3, -0.25) is 9.78 Å². The number of carbonyl (C=O) groups excluding carboxylic acids is 1. The number of azide groups is 1. The van der Waals surface area contributed by atoms with Crippen molar-refractivity contribution in [2.24, 2.45) is 5.11 Å². The van der Waals surface area contributed by atoms with Crippen LogP contribution in [0.2, 0.25) is 0 Å². The van der Waals surface area contributed by atoms with E-state index >= 15 is 0 Å². The van der Waals surface area contributed by atoms with E-state index in [1.807, 2.05) is 6.92 Å². The van der Waals surface area contributed by atoms with Gasteiger partial charge in [-0.1, -0.05) is 11.2 Å². The molecule has 0 aliphatic heterocycles. The van der Waals surface area contributed by atoms with E-state index in [9.17, 15) is 18.0 Å². The molecule has 18 nitrogen and oxygen atoms in total. The van der Waals surface area contributed by atoms with E-state index in [0.29, 0.717) is 114 Å². The number of nitrogens with one attached hydrogen (secondary N) is 2. The molecule has 2 aromatic carbocycles. The zero-order chi connectivity index (χ0) is 44.7. The molecule has 3 heterocycles. The molecule has 5 rings (SSSR count). The summed E-state index contributed by atoms with van der Waals surface area (Å²) in [6.07, 6.45) is 3.16. The third-order valence-corrected chi connectivity index (χ3v) is 8.68. The van der Waals surface area contributed by atoms with Gasteiger partial charge in [-0.05, 0) is 67.4 Å². The summed E-state index contributed by atoms with van der Waals surface area (Å²) < 4.78 is 81.4. The lowest BCUT2D eigenvalue weighted by molar-refractivity contribution is -0.137. The van der Waals surface area contributed by atoms with Gasteiger partial charge < -0.3 is 48.4 Å². The first kappa shape index (κ1) is 47.9. The quantitative estimate of drug-likeness (QED) is 0.0222. The summed E-state index contributed by atoms with van der Waals surface area (Å²) in [4.78, 5) is 33.3. The summed E-state index contributed by atoms with van der Waals surface area (Å²) in [6.45, 7) is 9.12. The van der Waals surface area contributed by atoms with E-state index < -0.39 is 17.6 Å². The first-order valence-corrected chi connectivity index (χ1v) is 19.9. The molecule has 0 radical (unpaired) electrons. The van der Waals surface area contributed by atoms with Crippen LogP contribution in [-0.2, 0) is 34.6 Å². The smallest absolute Gasteiger partial charge is 0.416 e. The fraction of sp³-hybridized carbons (Fsp3) is 0.405. The average Bonchev–Trinajstić information content (AvgIpc) is 3.72. The Morgan fingerprint density at radius 2 is 1.44 bits per heavy atom. The Hall–Kier alpha value is -6.19. The number of imidazole rings is 1. The average molecular weight is 879 g/mol. The summed E-state index contributed by atoms with van der Waals surface area (Å²) in [7, 11) is 0. The van der Waals surface area contributed by atoms with Crippen molar-refractivity contribution in [2.45, 2.75) is 20.0 Å². The van der Waals surface area contributed by atoms with Crippen LogP contribution in [-0.4, -0.2) is 123 Å². The Kier molecular flexibility index (Phi) is 19.5. The molecule has 21 heteroatoms. The van der Waals surface area contributed by atoms with Crippen LogP contribution in [0.4, 0.5) is 30.5 Å². The van der Waals surface area contributed by atoms with Crippen molar-refractivity contribution in [2.75, 3.05) is 103 Å². The van der Waals surface area contributed by atoms with Crippen LogP contribution in [0.5, 0.6) is 5.75 Å². The van der Waals surface area contributed by atoms with E-state index in [1.54, 1.807) is 62.0 Å². The van der Waals surface area contributed by atoms with Gasteiger partial charge in [0.05, 0.1) is 109 Å². The molecule has 63 heavy (non-hydrogen) atoms. The molecule has 0 spiro atoms. The summed E-state index contributed by atoms with van der Waals surface area (Å²) >= 11 is 0. The number of rotatable bonds is 28. The molecular formula is C42H49F3N10O8. The van der Waals surface area contributed by atoms with E-state index in [4.69, 9.17) is 38.7 Å². The van der Waals surface area contributed by atoms with Gasteiger partial charge in [0.2, 0.25) is 5.95 Å². The molecule has 3 aromatic heterocycles. The van der Waals surface area contributed by atoms with Gasteiger partial charge in [-0.15, -0.1) is 0 Å². The lowest BCUT2D eigenvalue weighted by Gasteiger charge is -2.14. The maximum absolute atomic E-state index is 13.8. The molecule has 0 aliphatic rings. The topological polar surface area (TPSA) is 211 Å². The number of alkyl halides is 3. The highest BCUT2D eigenvalue weighted by molar-refractivity contribution is 6.05. The number of aryl methyl sites for hydroxylation is 2. The molecule has 0 fully saturated rings. The molecule has 0 saturated carbocycles. The van der Waals surface area contributed by atoms with E-state index in [2.05, 4.69) is 40.6 Å². The maximum Gasteiger partial charge on any atom is 0.416 e. The molecule has 2 N–H and O–H groups in total. The molecule has 0 aliphatic carbocycles. The largest absolute Gasteiger partial charge is 0.490 e. The van der Waals surface area contributed by atoms with Crippen molar-refractivity contribution in [1.82, 2.24) is 24.5 Å². The first-order valence-electron chi connectivity index (χ1n) is 19.9. The molecule has 5 aromatic rings. The second-order valence-electron chi connectivity index (χ2n) is 13.4. The summed E-state index contributed by atoms with van der Waals surface area (Å²) in [5.41, 5.74) is 10.8. The minimum atomic E-state index is -4.64. The molecule has 1 amide bonds. The maximum atomic E-state index is 13.8. The highest BCUT2D eigenvalue weighted by Crippen LogP contribution is 2.33. The number of aromatic nitrogens is 5. The number of amides is 1. The monoisotopic (exact) mass is 878 g/mol. The normalized spacial score (nSPS) is 11.3. The number of anilines is 3. The second-order valence-corrected chi connectivity index (χ2v) is 13.4. The highest BCUT2D eigenvalue weighted by Gasteiger charge is 2.31. The number of hydrogen-bond acceptors (Lipinski definition) is 14. The predicted molar refractivity (Wildman–Crippen MR) is 225 cm³/mol. The SMILES string of the molecule is Cc1cn(-c2cc(NC(=O)c3ccc(C)c(Nc4nccc(-c5cncc(OCCOCCOCCOCCOCCOCCOCCN=[N+]=[N-])c5)n4)c3)cc(C(F)(F)F)c2)cn1. The van der Waals surface area contributed by atoms with Crippen LogP contribution < -0.4 is 15.4 Å². The van der Waals surface area contributed by atoms with Crippen LogP contribution in [0.1, 0.15) is 27.2 Å². The number of ether oxygens (including phenoxy) is 7. The van der Waals surface area contributed by atoms with Gasteiger partial charge in [0, 0.05) is 58.2 Å². The summed E-state index contributed by atoms with van der Waals surface area (Å²) in [5.74, 6) is 0.148. The van der Waals surface area contributed by atoms with Crippen LogP contribution in [0, 0.1) is 13.8 Å². The second kappa shape index (κ2) is 25.7. The van der Waals surface area contributed by atoms with E-state index in [-0.39, 0.29) is 29.5 Å². The van der Waals surface area contributed by atoms with Gasteiger partial charge in [-0.25, -0.2) is 15.0 Å². The van der Waals surface area contributed by atoms with E-state index in [1.165, 1.54) is 17.0 Å². The zero-order valence-corrected chi connectivity index (χ0v) is 34.9. The molecule has 0 atom stereocenters. The summed E-state index contributed by atoms with van der Waals surface area (Å²) in [5, 5.41) is 9.12. The number of pyridine rings is 1. The number of benzene rings is 2. The molecule has 0 saturated heterocycles. The Balaban J connectivity index is 0.995. The van der Waals surface area contributed by atoms with Gasteiger partial charge in [0.1, 0.15) is 12.4 Å². The number of halogens is 3. The number of carbonyl (C=O) groups is 1. The zero-order valence-electron chi connectivity index (χ0n) is 34.9. The molecule has 336 valence electrons. The van der Waals surface area contributed by atoms with Crippen LogP contribution in [0.3, 0.4) is 0 Å². The van der Waals surface area contributed by atoms with Crippen LogP contribution in [0.15, 0.2) is 84.8 Å². The lowest BCUT2D eigenvalue weighted by Crippen LogP contribution is -2.15. The van der Waals surface area contributed by atoms with Gasteiger partial charge in [0.25, 0.3) is 5.91 Å².